The van der Waals surface area contributed by atoms with Crippen LogP contribution in [0.2, 0.25) is 0 Å². The van der Waals surface area contributed by atoms with Crippen LogP contribution in [0.4, 0.5) is 11.4 Å². The lowest BCUT2D eigenvalue weighted by molar-refractivity contribution is -0.116. The number of sulfonamides is 1. The van der Waals surface area contributed by atoms with Gasteiger partial charge in [0.1, 0.15) is 5.75 Å². The summed E-state index contributed by atoms with van der Waals surface area (Å²) in [6.07, 6.45) is 3.71. The maximum Gasteiger partial charge on any atom is 0.232 e. The average molecular weight is 423 g/mol. The lowest BCUT2D eigenvalue weighted by Gasteiger charge is -2.24. The fraction of sp³-hybridized carbons (Fsp3) is 0.350. The molecule has 0 aromatic heterocycles. The van der Waals surface area contributed by atoms with Crippen molar-refractivity contribution in [1.29, 1.82) is 0 Å². The molecule has 0 aliphatic heterocycles. The quantitative estimate of drug-likeness (QED) is 0.586. The summed E-state index contributed by atoms with van der Waals surface area (Å²) in [7, 11) is -3.51. The lowest BCUT2D eigenvalue weighted by atomic mass is 10.2. The summed E-state index contributed by atoms with van der Waals surface area (Å²) in [4.78, 5) is 13.3. The first-order chi connectivity index (χ1) is 13.4. The van der Waals surface area contributed by atoms with Gasteiger partial charge in [0.2, 0.25) is 15.9 Å². The van der Waals surface area contributed by atoms with Crippen molar-refractivity contribution in [3.63, 3.8) is 0 Å². The fourth-order valence-electron chi connectivity index (χ4n) is 2.75. The molecule has 28 heavy (non-hydrogen) atoms. The van der Waals surface area contributed by atoms with Crippen LogP contribution in [0.25, 0.3) is 0 Å². The number of para-hydroxylation sites is 3. The molecule has 1 amide bonds. The molecule has 2 aromatic carbocycles. The van der Waals surface area contributed by atoms with Gasteiger partial charge in [-0.05, 0) is 43.9 Å². The van der Waals surface area contributed by atoms with Gasteiger partial charge in [-0.1, -0.05) is 24.3 Å². The number of rotatable bonds is 10. The minimum Gasteiger partial charge on any atom is -0.492 e. The zero-order chi connectivity index (χ0) is 20.6. The van der Waals surface area contributed by atoms with Gasteiger partial charge >= 0.3 is 0 Å². The first-order valence-corrected chi connectivity index (χ1v) is 12.1. The number of amides is 1. The van der Waals surface area contributed by atoms with Gasteiger partial charge in [-0.3, -0.25) is 9.10 Å². The first-order valence-electron chi connectivity index (χ1n) is 8.99. The zero-order valence-electron chi connectivity index (χ0n) is 16.3. The number of nitrogens with one attached hydrogen (secondary N) is 1. The zero-order valence-corrected chi connectivity index (χ0v) is 18.0. The molecule has 152 valence electrons. The maximum atomic E-state index is 12.3. The molecule has 0 aliphatic carbocycles. The normalized spacial score (nSPS) is 11.1. The second-order valence-corrected chi connectivity index (χ2v) is 8.84. The maximum absolute atomic E-state index is 12.3. The molecule has 0 saturated carbocycles. The Kier molecular flexibility index (Phi) is 8.19. The van der Waals surface area contributed by atoms with Gasteiger partial charge in [0.05, 0.1) is 24.2 Å². The number of hydrogen-bond acceptors (Lipinski definition) is 5. The molecule has 2 rings (SSSR count). The van der Waals surface area contributed by atoms with E-state index in [2.05, 4.69) is 5.32 Å². The van der Waals surface area contributed by atoms with E-state index in [1.807, 2.05) is 37.4 Å². The van der Waals surface area contributed by atoms with E-state index in [4.69, 9.17) is 4.74 Å². The molecular formula is C20H26N2O4S2. The molecule has 0 fully saturated rings. The Bertz CT molecular complexity index is 901. The summed E-state index contributed by atoms with van der Waals surface area (Å²) in [6, 6.07) is 14.6. The summed E-state index contributed by atoms with van der Waals surface area (Å²) in [5.74, 6) is 0.363. The third-order valence-electron chi connectivity index (χ3n) is 3.98. The highest BCUT2D eigenvalue weighted by atomic mass is 32.2. The molecule has 0 unspecified atom stereocenters. The molecule has 6 nitrogen and oxygen atoms in total. The van der Waals surface area contributed by atoms with Crippen molar-refractivity contribution in [1.82, 2.24) is 0 Å². The predicted octanol–water partition coefficient (Wildman–Crippen LogP) is 3.99. The van der Waals surface area contributed by atoms with E-state index in [1.165, 1.54) is 4.31 Å². The van der Waals surface area contributed by atoms with Gasteiger partial charge < -0.3 is 10.1 Å². The molecule has 0 atom stereocenters. The second-order valence-electron chi connectivity index (χ2n) is 6.09. The third kappa shape index (κ3) is 6.17. The molecule has 0 bridgehead atoms. The highest BCUT2D eigenvalue weighted by molar-refractivity contribution is 7.98. The van der Waals surface area contributed by atoms with E-state index in [0.717, 1.165) is 16.8 Å². The number of ether oxygens (including phenoxy) is 1. The number of benzene rings is 2. The number of anilines is 2. The van der Waals surface area contributed by atoms with Crippen molar-refractivity contribution >= 4 is 39.1 Å². The summed E-state index contributed by atoms with van der Waals surface area (Å²) >= 11 is 1.56. The van der Waals surface area contributed by atoms with Gasteiger partial charge in [-0.2, -0.15) is 0 Å². The molecule has 0 radical (unpaired) electrons. The number of nitrogens with zero attached hydrogens (tertiary/aromatic N) is 1. The Morgan fingerprint density at radius 3 is 2.50 bits per heavy atom. The van der Waals surface area contributed by atoms with Crippen LogP contribution in [0.1, 0.15) is 19.8 Å². The molecule has 8 heteroatoms. The van der Waals surface area contributed by atoms with Crippen molar-refractivity contribution in [2.75, 3.05) is 35.3 Å². The van der Waals surface area contributed by atoms with E-state index in [0.29, 0.717) is 24.5 Å². The van der Waals surface area contributed by atoms with Crippen molar-refractivity contribution in [3.05, 3.63) is 48.5 Å². The van der Waals surface area contributed by atoms with Crippen molar-refractivity contribution < 1.29 is 17.9 Å². The number of thioether (sulfide) groups is 1. The monoisotopic (exact) mass is 422 g/mol. The SMILES string of the molecule is CCOc1ccccc1N(CCCC(=O)Nc1ccccc1SC)S(C)(=O)=O. The summed E-state index contributed by atoms with van der Waals surface area (Å²) in [5, 5.41) is 2.89. The van der Waals surface area contributed by atoms with Gasteiger partial charge in [0.25, 0.3) is 0 Å². The summed E-state index contributed by atoms with van der Waals surface area (Å²) in [5.41, 5.74) is 1.25. The highest BCUT2D eigenvalue weighted by Crippen LogP contribution is 2.30. The predicted molar refractivity (Wildman–Crippen MR) is 116 cm³/mol. The molecule has 0 saturated heterocycles. The van der Waals surface area contributed by atoms with Crippen LogP contribution in [-0.2, 0) is 14.8 Å². The Labute approximate surface area is 171 Å². The number of carbonyl (C=O) groups excluding carboxylic acids is 1. The topological polar surface area (TPSA) is 75.7 Å². The summed E-state index contributed by atoms with van der Waals surface area (Å²) in [6.45, 7) is 2.48. The van der Waals surface area contributed by atoms with Crippen LogP contribution in [0.3, 0.4) is 0 Å². The van der Waals surface area contributed by atoms with Crippen LogP contribution in [0, 0.1) is 0 Å². The molecular weight excluding hydrogens is 396 g/mol. The van der Waals surface area contributed by atoms with Crippen LogP contribution in [0.5, 0.6) is 5.75 Å². The van der Waals surface area contributed by atoms with E-state index in [-0.39, 0.29) is 18.9 Å². The van der Waals surface area contributed by atoms with Gasteiger partial charge in [-0.25, -0.2) is 8.42 Å². The Balaban J connectivity index is 2.04. The number of hydrogen-bond donors (Lipinski definition) is 1. The molecule has 0 spiro atoms. The van der Waals surface area contributed by atoms with E-state index in [9.17, 15) is 13.2 Å². The van der Waals surface area contributed by atoms with Crippen LogP contribution in [-0.4, -0.2) is 40.0 Å². The Hall–Kier alpha value is -2.19. The van der Waals surface area contributed by atoms with Gasteiger partial charge in [0, 0.05) is 17.9 Å². The van der Waals surface area contributed by atoms with Crippen LogP contribution >= 0.6 is 11.8 Å². The third-order valence-corrected chi connectivity index (χ3v) is 5.96. The van der Waals surface area contributed by atoms with Crippen molar-refractivity contribution in [3.8, 4) is 5.75 Å². The highest BCUT2D eigenvalue weighted by Gasteiger charge is 2.21. The van der Waals surface area contributed by atoms with E-state index in [1.54, 1.807) is 36.0 Å². The molecule has 0 heterocycles. The van der Waals surface area contributed by atoms with E-state index < -0.39 is 10.0 Å². The minimum absolute atomic E-state index is 0.145. The smallest absolute Gasteiger partial charge is 0.232 e. The summed E-state index contributed by atoms with van der Waals surface area (Å²) < 4.78 is 31.5. The van der Waals surface area contributed by atoms with Crippen molar-refractivity contribution in [2.24, 2.45) is 0 Å². The average Bonchev–Trinajstić information content (AvgIpc) is 2.66. The van der Waals surface area contributed by atoms with Crippen LogP contribution < -0.4 is 14.4 Å². The molecule has 2 aromatic rings. The standard InChI is InChI=1S/C20H26N2O4S2/c1-4-26-18-12-7-6-11-17(18)22(28(3,24)25)15-9-14-20(23)21-16-10-5-8-13-19(16)27-2/h5-8,10-13H,4,9,14-15H2,1-3H3,(H,21,23). The molecule has 0 aliphatic rings. The Morgan fingerprint density at radius 2 is 1.82 bits per heavy atom. The fourth-order valence-corrected chi connectivity index (χ4v) is 4.27. The van der Waals surface area contributed by atoms with Gasteiger partial charge in [0.15, 0.2) is 0 Å². The van der Waals surface area contributed by atoms with Crippen molar-refractivity contribution in [2.45, 2.75) is 24.7 Å². The largest absolute Gasteiger partial charge is 0.492 e. The lowest BCUT2D eigenvalue weighted by Crippen LogP contribution is -2.32. The second kappa shape index (κ2) is 10.4. The number of carbonyl (C=O) groups is 1. The Morgan fingerprint density at radius 1 is 1.14 bits per heavy atom. The first kappa shape index (κ1) is 22.1. The van der Waals surface area contributed by atoms with E-state index >= 15 is 0 Å². The minimum atomic E-state index is -3.51. The molecule has 1 N–H and O–H groups in total. The van der Waals surface area contributed by atoms with Crippen LogP contribution in [0.15, 0.2) is 53.4 Å². The van der Waals surface area contributed by atoms with Gasteiger partial charge in [-0.15, -0.1) is 11.8 Å².